The van der Waals surface area contributed by atoms with E-state index in [9.17, 15) is 0 Å². The smallest absolute Gasteiger partial charge is 0.160 e. The lowest BCUT2D eigenvalue weighted by molar-refractivity contribution is -1.07. The van der Waals surface area contributed by atoms with E-state index in [1.807, 2.05) is 36.4 Å². The summed E-state index contributed by atoms with van der Waals surface area (Å²) in [6, 6.07) is 16.3. The minimum Gasteiger partial charge on any atom is -0.408 e. The first-order valence-corrected chi connectivity index (χ1v) is 9.57. The van der Waals surface area contributed by atoms with Crippen LogP contribution in [-0.2, 0) is 13.1 Å². The van der Waals surface area contributed by atoms with Crippen LogP contribution in [0.25, 0.3) is 22.1 Å². The summed E-state index contributed by atoms with van der Waals surface area (Å²) in [6.45, 7) is 6.66. The highest BCUT2D eigenvalue weighted by Crippen LogP contribution is 2.21. The van der Waals surface area contributed by atoms with Crippen LogP contribution in [0.3, 0.4) is 0 Å². The zero-order valence-electron chi connectivity index (χ0n) is 16.8. The Labute approximate surface area is 166 Å². The molecule has 28 heavy (non-hydrogen) atoms. The Bertz CT molecular complexity index is 1030. The van der Waals surface area contributed by atoms with Crippen molar-refractivity contribution < 1.29 is 8.97 Å². The highest BCUT2D eigenvalue weighted by atomic mass is 15.5. The third-order valence-corrected chi connectivity index (χ3v) is 5.21. The number of nitrogens with one attached hydrogen (secondary N) is 2. The van der Waals surface area contributed by atoms with Gasteiger partial charge in [-0.25, -0.2) is 9.97 Å². The van der Waals surface area contributed by atoms with Crippen molar-refractivity contribution in [2.45, 2.75) is 20.0 Å². The summed E-state index contributed by atoms with van der Waals surface area (Å²) in [5.41, 5.74) is 4.15. The van der Waals surface area contributed by atoms with Crippen molar-refractivity contribution in [2.75, 3.05) is 20.8 Å². The average molecular weight is 377 g/mol. The highest BCUT2D eigenvalue weighted by Gasteiger charge is 2.24. The van der Waals surface area contributed by atoms with Crippen LogP contribution in [0.2, 0.25) is 0 Å². The van der Waals surface area contributed by atoms with E-state index in [4.69, 9.17) is 9.97 Å². The standard InChI is InChI=1S/C22H28N6/c1-5-28(4,15-22-25-19-12-8-9-13-20(19)26-22)16-27(2,3)14-21-23-17-10-6-7-11-18(17)24-21/h5-13H,2,14-16H2,1,3-4H3,(H,23,24)(H,25,26). The fourth-order valence-corrected chi connectivity index (χ4v) is 3.92. The second-order valence-corrected chi connectivity index (χ2v) is 8.22. The van der Waals surface area contributed by atoms with Gasteiger partial charge in [0.2, 0.25) is 0 Å². The molecule has 2 aromatic carbocycles. The number of benzene rings is 2. The van der Waals surface area contributed by atoms with Gasteiger partial charge in [0.25, 0.3) is 0 Å². The Morgan fingerprint density at radius 1 is 0.857 bits per heavy atom. The first kappa shape index (κ1) is 18.7. The predicted octanol–water partition coefficient (Wildman–Crippen LogP) is 3.96. The highest BCUT2D eigenvalue weighted by molar-refractivity contribution is 5.75. The maximum absolute atomic E-state index is 4.75. The van der Waals surface area contributed by atoms with Gasteiger partial charge in [-0.05, 0) is 24.3 Å². The molecule has 0 spiro atoms. The van der Waals surface area contributed by atoms with Gasteiger partial charge in [-0.15, -0.1) is 20.5 Å². The molecule has 0 radical (unpaired) electrons. The molecule has 0 saturated carbocycles. The molecule has 2 aromatic heterocycles. The van der Waals surface area contributed by atoms with Crippen LogP contribution in [0.1, 0.15) is 18.6 Å². The number of aromatic nitrogens is 4. The quantitative estimate of drug-likeness (QED) is 0.291. The molecule has 0 amide bonds. The molecule has 0 bridgehead atoms. The Morgan fingerprint density at radius 2 is 1.36 bits per heavy atom. The maximum Gasteiger partial charge on any atom is 0.160 e. The average Bonchev–Trinajstić information content (AvgIpc) is 3.22. The molecular weight excluding hydrogens is 348 g/mol. The van der Waals surface area contributed by atoms with E-state index < -0.39 is 0 Å². The molecule has 4 aromatic rings. The van der Waals surface area contributed by atoms with E-state index in [0.29, 0.717) is 4.48 Å². The van der Waals surface area contributed by atoms with Crippen molar-refractivity contribution in [3.05, 3.63) is 73.8 Å². The van der Waals surface area contributed by atoms with Crippen LogP contribution in [0.15, 0.2) is 48.5 Å². The molecule has 2 heterocycles. The van der Waals surface area contributed by atoms with Gasteiger partial charge in [0.1, 0.15) is 13.1 Å². The fourth-order valence-electron chi connectivity index (χ4n) is 3.92. The molecule has 0 saturated heterocycles. The number of fused-ring (bicyclic) bond motifs is 2. The van der Waals surface area contributed by atoms with E-state index in [1.54, 1.807) is 0 Å². The second-order valence-electron chi connectivity index (χ2n) is 8.22. The van der Waals surface area contributed by atoms with E-state index in [1.165, 1.54) is 0 Å². The van der Waals surface area contributed by atoms with Crippen LogP contribution in [-0.4, -0.2) is 49.7 Å². The monoisotopic (exact) mass is 376 g/mol. The maximum atomic E-state index is 4.75. The number of H-pyrrole nitrogens is 2. The number of para-hydroxylation sites is 4. The van der Waals surface area contributed by atoms with Crippen LogP contribution >= 0.6 is 0 Å². The number of rotatable bonds is 7. The third kappa shape index (κ3) is 3.93. The summed E-state index contributed by atoms with van der Waals surface area (Å²) in [5.74, 6) is 1.95. The number of imidazole rings is 2. The van der Waals surface area contributed by atoms with Gasteiger partial charge in [0, 0.05) is 14.1 Å². The minimum absolute atomic E-state index is 0.570. The van der Waals surface area contributed by atoms with E-state index in [2.05, 4.69) is 56.7 Å². The number of hydrogen-bond donors (Lipinski definition) is 2. The van der Waals surface area contributed by atoms with Crippen molar-refractivity contribution in [2.24, 2.45) is 0 Å². The molecule has 6 nitrogen and oxygen atoms in total. The zero-order chi connectivity index (χ0) is 19.8. The number of hydrogen-bond acceptors (Lipinski definition) is 2. The van der Waals surface area contributed by atoms with Crippen LogP contribution in [0.4, 0.5) is 0 Å². The molecule has 4 rings (SSSR count). The molecule has 0 aliphatic rings. The molecule has 0 fully saturated rings. The number of quaternary nitrogens is 2. The second kappa shape index (κ2) is 7.04. The van der Waals surface area contributed by atoms with Gasteiger partial charge in [0.15, 0.2) is 18.3 Å². The number of nitrogens with zero attached hydrogens (tertiary/aromatic N) is 4. The van der Waals surface area contributed by atoms with Crippen LogP contribution in [0, 0.1) is 13.6 Å². The predicted molar refractivity (Wildman–Crippen MR) is 112 cm³/mol. The molecule has 146 valence electrons. The van der Waals surface area contributed by atoms with Gasteiger partial charge >= 0.3 is 0 Å². The summed E-state index contributed by atoms with van der Waals surface area (Å²) < 4.78 is 1.29. The lowest BCUT2D eigenvalue weighted by atomic mass is 10.3. The lowest BCUT2D eigenvalue weighted by Crippen LogP contribution is -2.54. The van der Waals surface area contributed by atoms with Crippen molar-refractivity contribution in [1.29, 1.82) is 0 Å². The van der Waals surface area contributed by atoms with Gasteiger partial charge in [0.05, 0.1) is 22.1 Å². The van der Waals surface area contributed by atoms with Crippen molar-refractivity contribution in [1.82, 2.24) is 19.9 Å². The number of aromatic amines is 2. The van der Waals surface area contributed by atoms with E-state index in [-0.39, 0.29) is 0 Å². The summed E-state index contributed by atoms with van der Waals surface area (Å²) in [4.78, 5) is 16.3. The minimum atomic E-state index is 0.570. The molecule has 6 heteroatoms. The first-order valence-electron chi connectivity index (χ1n) is 9.57. The lowest BCUT2D eigenvalue weighted by Gasteiger charge is -2.50. The SMILES string of the molecule is [CH2-][N+](C)(Cc1nc2ccccc2[nH]1)C[N+](C)([CH-]C)Cc1nc2ccccc2[nH]1. The van der Waals surface area contributed by atoms with E-state index in [0.717, 1.165) is 58.0 Å². The van der Waals surface area contributed by atoms with Crippen LogP contribution < -0.4 is 0 Å². The first-order chi connectivity index (χ1) is 13.4. The van der Waals surface area contributed by atoms with Gasteiger partial charge < -0.3 is 18.9 Å². The van der Waals surface area contributed by atoms with Crippen molar-refractivity contribution in [3.8, 4) is 0 Å². The summed E-state index contributed by atoms with van der Waals surface area (Å²) in [7, 11) is 8.82. The van der Waals surface area contributed by atoms with Gasteiger partial charge in [-0.1, -0.05) is 24.3 Å². The van der Waals surface area contributed by atoms with Gasteiger partial charge in [-0.3, -0.25) is 0 Å². The molecule has 2 atom stereocenters. The fraction of sp³-hybridized carbons (Fsp3) is 0.273. The summed E-state index contributed by atoms with van der Waals surface area (Å²) >= 11 is 0. The summed E-state index contributed by atoms with van der Waals surface area (Å²) in [6.07, 6.45) is 0. The summed E-state index contributed by atoms with van der Waals surface area (Å²) in [5, 5.41) is 0. The van der Waals surface area contributed by atoms with Crippen LogP contribution in [0.5, 0.6) is 0 Å². The largest absolute Gasteiger partial charge is 0.408 e. The molecule has 0 aliphatic heterocycles. The Kier molecular flexibility index (Phi) is 4.69. The molecular formula is C22H28N6. The zero-order valence-corrected chi connectivity index (χ0v) is 16.8. The molecule has 2 unspecified atom stereocenters. The Morgan fingerprint density at radius 3 is 1.86 bits per heavy atom. The third-order valence-electron chi connectivity index (χ3n) is 5.21. The Balaban J connectivity index is 1.51. The topological polar surface area (TPSA) is 57.4 Å². The van der Waals surface area contributed by atoms with Crippen molar-refractivity contribution >= 4 is 22.1 Å². The Hall–Kier alpha value is -2.70. The van der Waals surface area contributed by atoms with E-state index >= 15 is 0 Å². The molecule has 2 N–H and O–H groups in total. The normalized spacial score (nSPS) is 16.3. The van der Waals surface area contributed by atoms with Gasteiger partial charge in [-0.2, -0.15) is 0 Å². The molecule has 0 aliphatic carbocycles. The van der Waals surface area contributed by atoms with Crippen molar-refractivity contribution in [3.63, 3.8) is 0 Å².